The molecule has 0 radical (unpaired) electrons. The average molecular weight is 661 g/mol. The van der Waals surface area contributed by atoms with Crippen molar-refractivity contribution in [2.45, 2.75) is 232 Å². The van der Waals surface area contributed by atoms with Gasteiger partial charge in [0, 0.05) is 12.8 Å². The third kappa shape index (κ3) is 24.4. The van der Waals surface area contributed by atoms with E-state index in [-0.39, 0.29) is 17.9 Å². The number of nitrogens with one attached hydrogen (secondary N) is 1. The van der Waals surface area contributed by atoms with Crippen molar-refractivity contribution >= 4 is 17.5 Å². The van der Waals surface area contributed by atoms with Gasteiger partial charge in [0.1, 0.15) is 13.1 Å². The molecule has 1 amide bonds. The molecule has 0 spiro atoms. The highest BCUT2D eigenvalue weighted by Gasteiger charge is 2.37. The normalized spacial score (nSPS) is 13.9. The van der Waals surface area contributed by atoms with Crippen molar-refractivity contribution < 1.29 is 14.2 Å². The summed E-state index contributed by atoms with van der Waals surface area (Å²) in [5.74, 6) is 1.16. The fourth-order valence-electron chi connectivity index (χ4n) is 7.25. The van der Waals surface area contributed by atoms with Crippen LogP contribution in [0.25, 0.3) is 0 Å². The molecule has 5 heteroatoms. The predicted molar refractivity (Wildman–Crippen MR) is 204 cm³/mol. The molecule has 0 aromatic heterocycles. The zero-order chi connectivity index (χ0) is 34.2. The van der Waals surface area contributed by atoms with Gasteiger partial charge in [-0.25, -0.2) is 4.90 Å². The second-order valence-electron chi connectivity index (χ2n) is 15.0. The van der Waals surface area contributed by atoms with E-state index in [4.69, 9.17) is 0 Å². The van der Waals surface area contributed by atoms with Gasteiger partial charge in [0.05, 0.1) is 7.05 Å². The molecule has 47 heavy (non-hydrogen) atoms. The molecule has 0 saturated carbocycles. The van der Waals surface area contributed by atoms with Crippen LogP contribution in [0.2, 0.25) is 0 Å². The second-order valence-corrected chi connectivity index (χ2v) is 15.0. The summed E-state index contributed by atoms with van der Waals surface area (Å²) in [4.78, 5) is 28.0. The number of nitrogens with zero attached hydrogens (tertiary/aromatic N) is 2. The number of carbonyl (C=O) groups is 2. The van der Waals surface area contributed by atoms with E-state index < -0.39 is 0 Å². The lowest BCUT2D eigenvalue weighted by Gasteiger charge is -2.21. The molecule has 0 fully saturated rings. The van der Waals surface area contributed by atoms with E-state index in [0.717, 1.165) is 44.6 Å². The summed E-state index contributed by atoms with van der Waals surface area (Å²) in [6.07, 6.45) is 41.1. The van der Waals surface area contributed by atoms with Crippen LogP contribution in [0.4, 0.5) is 0 Å². The largest absolute Gasteiger partial charge is 0.318 e. The number of rotatable bonds is 35. The van der Waals surface area contributed by atoms with Crippen LogP contribution in [0.15, 0.2) is 0 Å². The summed E-state index contributed by atoms with van der Waals surface area (Å²) >= 11 is 0. The van der Waals surface area contributed by atoms with Gasteiger partial charge in [0.2, 0.25) is 11.7 Å². The Morgan fingerprint density at radius 2 is 0.872 bits per heavy atom. The Hall–Kier alpha value is -1.39. The van der Waals surface area contributed by atoms with Gasteiger partial charge < -0.3 is 5.32 Å². The smallest absolute Gasteiger partial charge is 0.317 e. The van der Waals surface area contributed by atoms with Gasteiger partial charge in [0.15, 0.2) is 6.17 Å². The number of hydrogen-bond acceptors (Lipinski definition) is 3. The minimum atomic E-state index is -0.135. The second kappa shape index (κ2) is 31.9. The lowest BCUT2D eigenvalue weighted by Crippen LogP contribution is -2.50. The van der Waals surface area contributed by atoms with Gasteiger partial charge in [-0.1, -0.05) is 194 Å². The Morgan fingerprint density at radius 1 is 0.553 bits per heavy atom. The molecule has 0 bridgehead atoms. The minimum absolute atomic E-state index is 0.121. The lowest BCUT2D eigenvalue weighted by molar-refractivity contribution is -0.485. The van der Waals surface area contributed by atoms with Gasteiger partial charge in [-0.2, -0.15) is 0 Å². The van der Waals surface area contributed by atoms with E-state index in [2.05, 4.69) is 28.6 Å². The SMILES string of the molecule is CCCCCCCCCCCCCCCCCC(=O)NC(C)N1CC[N+](C)=C1C(=O)CCCCCCCCCCCCCCCCC. The van der Waals surface area contributed by atoms with Gasteiger partial charge in [-0.3, -0.25) is 14.2 Å². The fourth-order valence-corrected chi connectivity index (χ4v) is 7.25. The number of unbranched alkanes of at least 4 members (excludes halogenated alkanes) is 28. The van der Waals surface area contributed by atoms with Crippen LogP contribution in [-0.2, 0) is 9.59 Å². The monoisotopic (exact) mass is 661 g/mol. The van der Waals surface area contributed by atoms with E-state index in [1.54, 1.807) is 0 Å². The molecule has 0 saturated heterocycles. The molecular weight excluding hydrogens is 578 g/mol. The number of carbonyl (C=O) groups excluding carboxylic acids is 2. The first-order chi connectivity index (χ1) is 23.0. The van der Waals surface area contributed by atoms with E-state index in [1.165, 1.54) is 167 Å². The molecule has 1 aliphatic rings. The highest BCUT2D eigenvalue weighted by atomic mass is 16.2. The van der Waals surface area contributed by atoms with Crippen LogP contribution in [0, 0.1) is 0 Å². The highest BCUT2D eigenvalue weighted by molar-refractivity contribution is 6.36. The molecule has 5 nitrogen and oxygen atoms in total. The molecule has 0 aromatic carbocycles. The van der Waals surface area contributed by atoms with Crippen LogP contribution >= 0.6 is 0 Å². The predicted octanol–water partition coefficient (Wildman–Crippen LogP) is 11.9. The Morgan fingerprint density at radius 3 is 1.23 bits per heavy atom. The lowest BCUT2D eigenvalue weighted by atomic mass is 10.0. The summed E-state index contributed by atoms with van der Waals surface area (Å²) < 4.78 is 2.09. The molecule has 276 valence electrons. The van der Waals surface area contributed by atoms with Crippen molar-refractivity contribution in [3.8, 4) is 0 Å². The topological polar surface area (TPSA) is 52.4 Å². The van der Waals surface area contributed by atoms with Crippen LogP contribution in [-0.4, -0.2) is 53.3 Å². The van der Waals surface area contributed by atoms with Crippen molar-refractivity contribution in [3.05, 3.63) is 0 Å². The van der Waals surface area contributed by atoms with Crippen LogP contribution in [0.5, 0.6) is 0 Å². The molecule has 1 N–H and O–H groups in total. The molecule has 1 aliphatic heterocycles. The fraction of sp³-hybridized carbons (Fsp3) is 0.929. The highest BCUT2D eigenvalue weighted by Crippen LogP contribution is 2.16. The molecule has 0 aromatic rings. The summed E-state index contributed by atoms with van der Waals surface area (Å²) in [5, 5.41) is 3.19. The Labute approximate surface area is 293 Å². The van der Waals surface area contributed by atoms with Crippen molar-refractivity contribution in [2.75, 3.05) is 20.1 Å². The van der Waals surface area contributed by atoms with Crippen LogP contribution in [0.3, 0.4) is 0 Å². The van der Waals surface area contributed by atoms with Crippen molar-refractivity contribution in [2.24, 2.45) is 0 Å². The van der Waals surface area contributed by atoms with E-state index in [9.17, 15) is 9.59 Å². The summed E-state index contributed by atoms with van der Waals surface area (Å²) in [7, 11) is 2.02. The van der Waals surface area contributed by atoms with Crippen LogP contribution in [0.1, 0.15) is 226 Å². The molecule has 0 aliphatic carbocycles. The summed E-state index contributed by atoms with van der Waals surface area (Å²) in [6.45, 7) is 8.25. The first-order valence-corrected chi connectivity index (χ1v) is 21.2. The van der Waals surface area contributed by atoms with Gasteiger partial charge in [-0.15, -0.1) is 0 Å². The number of hydrogen-bond donors (Lipinski definition) is 1. The minimum Gasteiger partial charge on any atom is -0.318 e. The maximum atomic E-state index is 13.2. The van der Waals surface area contributed by atoms with E-state index in [0.29, 0.717) is 12.8 Å². The van der Waals surface area contributed by atoms with Gasteiger partial charge in [-0.05, 0) is 19.8 Å². The molecule has 1 heterocycles. The Bertz CT molecular complexity index is 780. The quantitative estimate of drug-likeness (QED) is 0.0543. The van der Waals surface area contributed by atoms with Crippen molar-refractivity contribution in [3.63, 3.8) is 0 Å². The van der Waals surface area contributed by atoms with Gasteiger partial charge >= 0.3 is 5.84 Å². The molecule has 1 rings (SSSR count). The van der Waals surface area contributed by atoms with Crippen LogP contribution < -0.4 is 5.32 Å². The molecule has 1 atom stereocenters. The first-order valence-electron chi connectivity index (χ1n) is 21.2. The summed E-state index contributed by atoms with van der Waals surface area (Å²) in [5.41, 5.74) is 0. The van der Waals surface area contributed by atoms with E-state index in [1.807, 2.05) is 14.0 Å². The maximum absolute atomic E-state index is 13.2. The van der Waals surface area contributed by atoms with Gasteiger partial charge in [0.25, 0.3) is 0 Å². The maximum Gasteiger partial charge on any atom is 0.317 e. The first kappa shape index (κ1) is 43.6. The Balaban J connectivity index is 2.04. The third-order valence-electron chi connectivity index (χ3n) is 10.4. The standard InChI is InChI=1S/C42H81N3O2/c1-5-7-9-11-13-15-17-19-21-23-25-27-29-31-33-35-40(46)42-44(4)37-38-45(42)39(3)43-41(47)36-34-32-30-28-26-24-22-20-18-16-14-12-10-8-6-2/h39H,5-38H2,1-4H3/p+1. The number of Topliss-reactive ketones (excluding diaryl/α,β-unsaturated/α-hetero) is 1. The number of amides is 1. The average Bonchev–Trinajstić information content (AvgIpc) is 3.46. The third-order valence-corrected chi connectivity index (χ3v) is 10.4. The van der Waals surface area contributed by atoms with Crippen molar-refractivity contribution in [1.82, 2.24) is 10.2 Å². The number of ketones is 1. The zero-order valence-electron chi connectivity index (χ0n) is 32.3. The molecule has 1 unspecified atom stereocenters. The number of likely N-dealkylation sites (N-methyl/N-ethyl adjacent to an activating group) is 1. The zero-order valence-corrected chi connectivity index (χ0v) is 32.3. The van der Waals surface area contributed by atoms with E-state index >= 15 is 0 Å². The summed E-state index contributed by atoms with van der Waals surface area (Å²) in [6, 6.07) is 0. The Kier molecular flexibility index (Phi) is 29.6. The number of amidine groups is 1. The molecular formula is C42H82N3O2+. The van der Waals surface area contributed by atoms with Crippen molar-refractivity contribution in [1.29, 1.82) is 0 Å².